The Balaban J connectivity index is 1.72. The fraction of sp³-hybridized carbons (Fsp3) is 0.750. The molecule has 18 heavy (non-hydrogen) atoms. The van der Waals surface area contributed by atoms with Gasteiger partial charge in [0.2, 0.25) is 0 Å². The van der Waals surface area contributed by atoms with Gasteiger partial charge in [-0.2, -0.15) is 0 Å². The molecule has 1 saturated carbocycles. The van der Waals surface area contributed by atoms with Gasteiger partial charge in [0.05, 0.1) is 0 Å². The van der Waals surface area contributed by atoms with E-state index in [2.05, 4.69) is 42.1 Å². The SMILES string of the molecule is CCCn1cccc1CNCC1CCCC(C)C1. The van der Waals surface area contributed by atoms with Crippen LogP contribution in [0.5, 0.6) is 0 Å². The molecule has 0 spiro atoms. The van der Waals surface area contributed by atoms with Crippen molar-refractivity contribution >= 4 is 0 Å². The molecule has 0 radical (unpaired) electrons. The smallest absolute Gasteiger partial charge is 0.0359 e. The summed E-state index contributed by atoms with van der Waals surface area (Å²) in [6.07, 6.45) is 9.12. The normalized spacial score (nSPS) is 24.3. The number of aryl methyl sites for hydroxylation is 1. The van der Waals surface area contributed by atoms with E-state index in [4.69, 9.17) is 0 Å². The summed E-state index contributed by atoms with van der Waals surface area (Å²) in [4.78, 5) is 0. The minimum absolute atomic E-state index is 0.906. The lowest BCUT2D eigenvalue weighted by Gasteiger charge is -2.26. The summed E-state index contributed by atoms with van der Waals surface area (Å²) in [6, 6.07) is 4.40. The topological polar surface area (TPSA) is 17.0 Å². The van der Waals surface area contributed by atoms with Gasteiger partial charge in [0.15, 0.2) is 0 Å². The Morgan fingerprint density at radius 3 is 3.06 bits per heavy atom. The second-order valence-electron chi connectivity index (χ2n) is 5.96. The Morgan fingerprint density at radius 2 is 2.28 bits per heavy atom. The molecular weight excluding hydrogens is 220 g/mol. The third kappa shape index (κ3) is 3.88. The molecule has 1 N–H and O–H groups in total. The molecule has 2 nitrogen and oxygen atoms in total. The summed E-state index contributed by atoms with van der Waals surface area (Å²) in [5.74, 6) is 1.85. The number of hydrogen-bond donors (Lipinski definition) is 1. The third-order valence-electron chi connectivity index (χ3n) is 4.17. The highest BCUT2D eigenvalue weighted by Gasteiger charge is 2.18. The molecule has 1 aromatic heterocycles. The highest BCUT2D eigenvalue weighted by atomic mass is 15.0. The zero-order chi connectivity index (χ0) is 12.8. The van der Waals surface area contributed by atoms with Gasteiger partial charge in [-0.25, -0.2) is 0 Å². The summed E-state index contributed by atoms with van der Waals surface area (Å²) < 4.78 is 2.37. The van der Waals surface area contributed by atoms with E-state index in [9.17, 15) is 0 Å². The van der Waals surface area contributed by atoms with Gasteiger partial charge < -0.3 is 9.88 Å². The highest BCUT2D eigenvalue weighted by molar-refractivity contribution is 5.06. The van der Waals surface area contributed by atoms with E-state index in [0.29, 0.717) is 0 Å². The molecule has 1 heterocycles. The number of hydrogen-bond acceptors (Lipinski definition) is 1. The van der Waals surface area contributed by atoms with Crippen LogP contribution in [0, 0.1) is 11.8 Å². The first-order chi connectivity index (χ1) is 8.79. The fourth-order valence-corrected chi connectivity index (χ4v) is 3.22. The first-order valence-electron chi connectivity index (χ1n) is 7.64. The Bertz CT molecular complexity index is 343. The quantitative estimate of drug-likeness (QED) is 0.810. The summed E-state index contributed by atoms with van der Waals surface area (Å²) in [5.41, 5.74) is 1.43. The van der Waals surface area contributed by atoms with Gasteiger partial charge in [0.1, 0.15) is 0 Å². The van der Waals surface area contributed by atoms with Crippen molar-refractivity contribution in [3.63, 3.8) is 0 Å². The number of nitrogens with one attached hydrogen (secondary N) is 1. The van der Waals surface area contributed by atoms with E-state index < -0.39 is 0 Å². The van der Waals surface area contributed by atoms with Crippen molar-refractivity contribution in [2.75, 3.05) is 6.54 Å². The molecule has 0 aliphatic heterocycles. The van der Waals surface area contributed by atoms with Crippen molar-refractivity contribution in [3.05, 3.63) is 24.0 Å². The van der Waals surface area contributed by atoms with Gasteiger partial charge in [-0.3, -0.25) is 0 Å². The Labute approximate surface area is 112 Å². The van der Waals surface area contributed by atoms with Crippen LogP contribution in [-0.4, -0.2) is 11.1 Å². The molecule has 102 valence electrons. The van der Waals surface area contributed by atoms with Crippen LogP contribution in [0.25, 0.3) is 0 Å². The summed E-state index contributed by atoms with van der Waals surface area (Å²) in [7, 11) is 0. The lowest BCUT2D eigenvalue weighted by Crippen LogP contribution is -2.27. The molecule has 0 saturated heterocycles. The molecule has 2 heteroatoms. The zero-order valence-corrected chi connectivity index (χ0v) is 12.0. The number of nitrogens with zero attached hydrogens (tertiary/aromatic N) is 1. The van der Waals surface area contributed by atoms with Gasteiger partial charge in [-0.05, 0) is 49.8 Å². The van der Waals surface area contributed by atoms with Crippen LogP contribution in [0.1, 0.15) is 51.6 Å². The van der Waals surface area contributed by atoms with Crippen LogP contribution in [0.4, 0.5) is 0 Å². The lowest BCUT2D eigenvalue weighted by molar-refractivity contribution is 0.273. The summed E-state index contributed by atoms with van der Waals surface area (Å²) in [6.45, 7) is 8.00. The van der Waals surface area contributed by atoms with E-state index >= 15 is 0 Å². The fourth-order valence-electron chi connectivity index (χ4n) is 3.22. The number of aromatic nitrogens is 1. The monoisotopic (exact) mass is 248 g/mol. The van der Waals surface area contributed by atoms with Gasteiger partial charge in [-0.15, -0.1) is 0 Å². The Morgan fingerprint density at radius 1 is 1.39 bits per heavy atom. The van der Waals surface area contributed by atoms with E-state index in [1.807, 2.05) is 0 Å². The van der Waals surface area contributed by atoms with Gasteiger partial charge in [0.25, 0.3) is 0 Å². The summed E-state index contributed by atoms with van der Waals surface area (Å²) >= 11 is 0. The van der Waals surface area contributed by atoms with Crippen LogP contribution >= 0.6 is 0 Å². The van der Waals surface area contributed by atoms with Crippen molar-refractivity contribution in [2.24, 2.45) is 11.8 Å². The minimum atomic E-state index is 0.906. The van der Waals surface area contributed by atoms with Gasteiger partial charge >= 0.3 is 0 Å². The van der Waals surface area contributed by atoms with Gasteiger partial charge in [-0.1, -0.05) is 26.7 Å². The van der Waals surface area contributed by atoms with Crippen molar-refractivity contribution < 1.29 is 0 Å². The average Bonchev–Trinajstić information content (AvgIpc) is 2.78. The predicted octanol–water partition coefficient (Wildman–Crippen LogP) is 3.81. The van der Waals surface area contributed by atoms with E-state index in [0.717, 1.165) is 24.9 Å². The minimum Gasteiger partial charge on any atom is -0.350 e. The molecule has 1 aliphatic rings. The van der Waals surface area contributed by atoms with Crippen LogP contribution in [0.15, 0.2) is 18.3 Å². The van der Waals surface area contributed by atoms with E-state index in [1.54, 1.807) is 0 Å². The molecule has 1 aliphatic carbocycles. The van der Waals surface area contributed by atoms with Crippen LogP contribution < -0.4 is 5.32 Å². The van der Waals surface area contributed by atoms with Crippen molar-refractivity contribution in [3.8, 4) is 0 Å². The standard InChI is InChI=1S/C16H28N2/c1-3-9-18-10-5-8-16(18)13-17-12-15-7-4-6-14(2)11-15/h5,8,10,14-15,17H,3-4,6-7,9,11-13H2,1-2H3. The van der Waals surface area contributed by atoms with Crippen molar-refractivity contribution in [1.29, 1.82) is 0 Å². The molecule has 1 fully saturated rings. The molecule has 0 bridgehead atoms. The molecule has 2 atom stereocenters. The first kappa shape index (κ1) is 13.7. The van der Waals surface area contributed by atoms with Crippen molar-refractivity contribution in [2.45, 2.75) is 59.0 Å². The van der Waals surface area contributed by atoms with E-state index in [-0.39, 0.29) is 0 Å². The maximum atomic E-state index is 3.66. The molecule has 2 rings (SSSR count). The van der Waals surface area contributed by atoms with Crippen molar-refractivity contribution in [1.82, 2.24) is 9.88 Å². The maximum absolute atomic E-state index is 3.66. The third-order valence-corrected chi connectivity index (χ3v) is 4.17. The maximum Gasteiger partial charge on any atom is 0.0359 e. The molecule has 2 unspecified atom stereocenters. The molecular formula is C16H28N2. The lowest BCUT2D eigenvalue weighted by atomic mass is 9.82. The average molecular weight is 248 g/mol. The second-order valence-corrected chi connectivity index (χ2v) is 5.96. The van der Waals surface area contributed by atoms with E-state index in [1.165, 1.54) is 44.3 Å². The number of rotatable bonds is 6. The Hall–Kier alpha value is -0.760. The largest absolute Gasteiger partial charge is 0.350 e. The second kappa shape index (κ2) is 6.98. The molecule has 0 amide bonds. The highest BCUT2D eigenvalue weighted by Crippen LogP contribution is 2.27. The zero-order valence-electron chi connectivity index (χ0n) is 12.0. The van der Waals surface area contributed by atoms with Gasteiger partial charge in [0, 0.05) is 25.0 Å². The Kier molecular flexibility index (Phi) is 5.30. The molecule has 1 aromatic rings. The molecule has 0 aromatic carbocycles. The van der Waals surface area contributed by atoms with Crippen LogP contribution in [0.3, 0.4) is 0 Å². The van der Waals surface area contributed by atoms with Crippen LogP contribution in [-0.2, 0) is 13.1 Å². The first-order valence-corrected chi connectivity index (χ1v) is 7.64. The summed E-state index contributed by atoms with van der Waals surface area (Å²) in [5, 5.41) is 3.66. The van der Waals surface area contributed by atoms with Crippen LogP contribution in [0.2, 0.25) is 0 Å². The predicted molar refractivity (Wildman–Crippen MR) is 77.6 cm³/mol.